The molecular formula is C15H15ClF2O4. The van der Waals surface area contributed by atoms with Crippen LogP contribution in [-0.4, -0.2) is 25.0 Å². The molecule has 0 spiro atoms. The first-order valence-corrected chi connectivity index (χ1v) is 6.90. The van der Waals surface area contributed by atoms with E-state index in [0.29, 0.717) is 0 Å². The Morgan fingerprint density at radius 1 is 1.27 bits per heavy atom. The number of carbonyl (C=O) groups is 2. The fourth-order valence-electron chi connectivity index (χ4n) is 1.57. The quantitative estimate of drug-likeness (QED) is 0.152. The van der Waals surface area contributed by atoms with Gasteiger partial charge in [-0.3, -0.25) is 4.79 Å². The number of Topliss-reactive ketones (excluding diaryl/α,β-unsaturated/α-hetero) is 1. The Hall–Kier alpha value is -1.95. The second-order valence-corrected chi connectivity index (χ2v) is 4.57. The zero-order valence-corrected chi connectivity index (χ0v) is 13.1. The highest BCUT2D eigenvalue weighted by Crippen LogP contribution is 2.27. The van der Waals surface area contributed by atoms with Gasteiger partial charge in [-0.1, -0.05) is 11.6 Å². The van der Waals surface area contributed by atoms with E-state index in [1.807, 2.05) is 0 Å². The van der Waals surface area contributed by atoms with Gasteiger partial charge in [0.1, 0.15) is 23.5 Å². The van der Waals surface area contributed by atoms with Crippen LogP contribution in [0, 0.1) is 18.6 Å². The van der Waals surface area contributed by atoms with E-state index in [1.54, 1.807) is 13.8 Å². The number of hydrogen-bond donors (Lipinski definition) is 0. The lowest BCUT2D eigenvalue weighted by molar-refractivity contribution is -0.138. The van der Waals surface area contributed by atoms with Crippen molar-refractivity contribution >= 4 is 23.4 Å². The molecule has 0 radical (unpaired) electrons. The van der Waals surface area contributed by atoms with Gasteiger partial charge in [0, 0.05) is 11.1 Å². The largest absolute Gasteiger partial charge is 0.500 e. The van der Waals surface area contributed by atoms with Gasteiger partial charge in [-0.2, -0.15) is 0 Å². The Bertz CT molecular complexity index is 626. The molecule has 0 saturated carbocycles. The molecular weight excluding hydrogens is 318 g/mol. The van der Waals surface area contributed by atoms with E-state index < -0.39 is 39.5 Å². The number of ether oxygens (including phenoxy) is 2. The van der Waals surface area contributed by atoms with E-state index in [-0.39, 0.29) is 18.8 Å². The Labute approximate surface area is 131 Å². The summed E-state index contributed by atoms with van der Waals surface area (Å²) in [6.07, 6.45) is 0.895. The third kappa shape index (κ3) is 3.82. The van der Waals surface area contributed by atoms with Crippen LogP contribution in [0.15, 0.2) is 17.9 Å². The van der Waals surface area contributed by atoms with Crippen molar-refractivity contribution in [3.8, 4) is 0 Å². The summed E-state index contributed by atoms with van der Waals surface area (Å²) in [6, 6.07) is 0.780. The number of esters is 1. The molecule has 120 valence electrons. The normalized spacial score (nSPS) is 11.3. The van der Waals surface area contributed by atoms with Gasteiger partial charge in [-0.15, -0.1) is 0 Å². The summed E-state index contributed by atoms with van der Waals surface area (Å²) in [5.41, 5.74) is -1.28. The predicted octanol–water partition coefficient (Wildman–Crippen LogP) is 3.59. The molecule has 0 atom stereocenters. The number of hydrogen-bond acceptors (Lipinski definition) is 4. The Balaban J connectivity index is 3.34. The van der Waals surface area contributed by atoms with Crippen LogP contribution in [0.5, 0.6) is 0 Å². The highest BCUT2D eigenvalue weighted by Gasteiger charge is 2.27. The van der Waals surface area contributed by atoms with Crippen molar-refractivity contribution in [3.05, 3.63) is 45.7 Å². The molecule has 0 saturated heterocycles. The molecule has 22 heavy (non-hydrogen) atoms. The molecule has 0 unspecified atom stereocenters. The molecule has 0 bridgehead atoms. The van der Waals surface area contributed by atoms with Crippen LogP contribution in [0.25, 0.3) is 0 Å². The second kappa shape index (κ2) is 7.89. The average Bonchev–Trinajstić information content (AvgIpc) is 2.49. The van der Waals surface area contributed by atoms with E-state index in [0.717, 1.165) is 12.3 Å². The lowest BCUT2D eigenvalue weighted by Gasteiger charge is -2.10. The summed E-state index contributed by atoms with van der Waals surface area (Å²) in [5.74, 6) is -3.93. The highest BCUT2D eigenvalue weighted by atomic mass is 35.5. The maximum atomic E-state index is 13.8. The van der Waals surface area contributed by atoms with E-state index in [4.69, 9.17) is 21.1 Å². The molecule has 7 heteroatoms. The van der Waals surface area contributed by atoms with Crippen LogP contribution < -0.4 is 0 Å². The van der Waals surface area contributed by atoms with Gasteiger partial charge in [-0.25, -0.2) is 13.6 Å². The predicted molar refractivity (Wildman–Crippen MR) is 76.8 cm³/mol. The number of carbonyl (C=O) groups excluding carboxylic acids is 2. The topological polar surface area (TPSA) is 52.6 Å². The maximum Gasteiger partial charge on any atom is 0.345 e. The summed E-state index contributed by atoms with van der Waals surface area (Å²) in [7, 11) is 0. The molecule has 1 aromatic carbocycles. The molecule has 4 nitrogen and oxygen atoms in total. The maximum absolute atomic E-state index is 13.8. The van der Waals surface area contributed by atoms with Crippen molar-refractivity contribution in [1.29, 1.82) is 0 Å². The van der Waals surface area contributed by atoms with Gasteiger partial charge in [0.2, 0.25) is 5.78 Å². The van der Waals surface area contributed by atoms with Crippen LogP contribution in [0.3, 0.4) is 0 Å². The SMILES string of the molecule is CCOC=C(C(=O)OCC)C(=O)c1cc(F)c(C)c(F)c1Cl. The first-order chi connectivity index (χ1) is 10.3. The van der Waals surface area contributed by atoms with Gasteiger partial charge >= 0.3 is 5.97 Å². The molecule has 0 aromatic heterocycles. The Kier molecular flexibility index (Phi) is 6.49. The fourth-order valence-corrected chi connectivity index (χ4v) is 1.85. The zero-order valence-electron chi connectivity index (χ0n) is 12.3. The second-order valence-electron chi connectivity index (χ2n) is 4.20. The van der Waals surface area contributed by atoms with Gasteiger partial charge in [0.25, 0.3) is 0 Å². The standard InChI is InChI=1S/C15H15ClF2O4/c1-4-21-7-10(15(20)22-5-2)14(19)9-6-11(17)8(3)13(18)12(9)16/h6-7H,4-5H2,1-3H3. The molecule has 0 fully saturated rings. The number of benzene rings is 1. The van der Waals surface area contributed by atoms with Gasteiger partial charge in [-0.05, 0) is 26.8 Å². The van der Waals surface area contributed by atoms with E-state index in [1.165, 1.54) is 6.92 Å². The van der Waals surface area contributed by atoms with Crippen LogP contribution in [0.2, 0.25) is 5.02 Å². The number of halogens is 3. The Morgan fingerprint density at radius 3 is 2.45 bits per heavy atom. The summed E-state index contributed by atoms with van der Waals surface area (Å²) in [5, 5.41) is -0.560. The third-order valence-corrected chi connectivity index (χ3v) is 3.11. The highest BCUT2D eigenvalue weighted by molar-refractivity contribution is 6.37. The third-order valence-electron chi connectivity index (χ3n) is 2.74. The molecule has 0 aliphatic heterocycles. The molecule has 0 amide bonds. The summed E-state index contributed by atoms with van der Waals surface area (Å²) in [4.78, 5) is 24.1. The minimum absolute atomic E-state index is 0.0277. The summed E-state index contributed by atoms with van der Waals surface area (Å²) < 4.78 is 37.1. The smallest absolute Gasteiger partial charge is 0.345 e. The summed E-state index contributed by atoms with van der Waals surface area (Å²) in [6.45, 7) is 4.61. The first-order valence-electron chi connectivity index (χ1n) is 6.52. The van der Waals surface area contributed by atoms with Crippen molar-refractivity contribution in [2.75, 3.05) is 13.2 Å². The lowest BCUT2D eigenvalue weighted by Crippen LogP contribution is -2.18. The van der Waals surface area contributed by atoms with E-state index >= 15 is 0 Å². The molecule has 0 N–H and O–H groups in total. The molecule has 1 rings (SSSR count). The van der Waals surface area contributed by atoms with Crippen molar-refractivity contribution in [2.24, 2.45) is 0 Å². The molecule has 1 aromatic rings. The van der Waals surface area contributed by atoms with Crippen LogP contribution in [0.1, 0.15) is 29.8 Å². The van der Waals surface area contributed by atoms with E-state index in [9.17, 15) is 18.4 Å². The van der Waals surface area contributed by atoms with Gasteiger partial charge in [0.05, 0.1) is 18.2 Å². The van der Waals surface area contributed by atoms with Crippen molar-refractivity contribution in [3.63, 3.8) is 0 Å². The summed E-state index contributed by atoms with van der Waals surface area (Å²) >= 11 is 5.74. The molecule has 0 heterocycles. The number of ketones is 1. The minimum atomic E-state index is -1.05. The van der Waals surface area contributed by atoms with Gasteiger partial charge < -0.3 is 9.47 Å². The van der Waals surface area contributed by atoms with E-state index in [2.05, 4.69) is 0 Å². The monoisotopic (exact) mass is 332 g/mol. The first kappa shape index (κ1) is 18.1. The van der Waals surface area contributed by atoms with Gasteiger partial charge in [0.15, 0.2) is 0 Å². The van der Waals surface area contributed by atoms with Crippen LogP contribution in [-0.2, 0) is 14.3 Å². The minimum Gasteiger partial charge on any atom is -0.500 e. The van der Waals surface area contributed by atoms with Crippen molar-refractivity contribution < 1.29 is 27.8 Å². The Morgan fingerprint density at radius 2 is 1.91 bits per heavy atom. The fraction of sp³-hybridized carbons (Fsp3) is 0.333. The lowest BCUT2D eigenvalue weighted by atomic mass is 10.0. The zero-order chi connectivity index (χ0) is 16.9. The van der Waals surface area contributed by atoms with Crippen molar-refractivity contribution in [1.82, 2.24) is 0 Å². The average molecular weight is 333 g/mol. The van der Waals surface area contributed by atoms with Crippen molar-refractivity contribution in [2.45, 2.75) is 20.8 Å². The van der Waals surface area contributed by atoms with Crippen LogP contribution in [0.4, 0.5) is 8.78 Å². The molecule has 0 aliphatic rings. The van der Waals surface area contributed by atoms with Crippen LogP contribution >= 0.6 is 11.6 Å². The molecule has 0 aliphatic carbocycles. The number of rotatable bonds is 6.